The average Bonchev–Trinajstić information content (AvgIpc) is 2.77. The Morgan fingerprint density at radius 3 is 2.69 bits per heavy atom. The van der Waals surface area contributed by atoms with Gasteiger partial charge in [0.2, 0.25) is 0 Å². The van der Waals surface area contributed by atoms with Crippen molar-refractivity contribution in [3.63, 3.8) is 0 Å². The first kappa shape index (κ1) is 9.79. The summed E-state index contributed by atoms with van der Waals surface area (Å²) in [4.78, 5) is 4.16. The lowest BCUT2D eigenvalue weighted by Crippen LogP contribution is -2.06. The van der Waals surface area contributed by atoms with Gasteiger partial charge in [-0.15, -0.1) is 0 Å². The highest BCUT2D eigenvalue weighted by molar-refractivity contribution is 5.86. The quantitative estimate of drug-likeness (QED) is 0.789. The first-order chi connectivity index (χ1) is 7.62. The molecule has 0 spiro atoms. The number of hydrogen-bond donors (Lipinski definition) is 1. The molecule has 82 valence electrons. The third-order valence-corrected chi connectivity index (χ3v) is 3.96. The Hall–Kier alpha value is -1.41. The van der Waals surface area contributed by atoms with Crippen LogP contribution in [0, 0.1) is 5.41 Å². The molecule has 16 heavy (non-hydrogen) atoms. The monoisotopic (exact) mass is 212 g/mol. The summed E-state index contributed by atoms with van der Waals surface area (Å²) in [5.41, 5.74) is 7.76. The largest absolute Gasteiger partial charge is 0.327 e. The molecule has 0 saturated heterocycles. The van der Waals surface area contributed by atoms with Crippen LogP contribution in [-0.4, -0.2) is 11.0 Å². The molecule has 2 aromatic rings. The second-order valence-electron chi connectivity index (χ2n) is 5.27. The molecule has 3 rings (SSSR count). The maximum absolute atomic E-state index is 6.15. The lowest BCUT2D eigenvalue weighted by atomic mass is 9.98. The van der Waals surface area contributed by atoms with Crippen LogP contribution in [0.2, 0.25) is 0 Å². The van der Waals surface area contributed by atoms with Gasteiger partial charge in [-0.2, -0.15) is 0 Å². The molecule has 1 saturated carbocycles. The predicted molar refractivity (Wildman–Crippen MR) is 66.2 cm³/mol. The number of nitrogens with two attached hydrogens (primary N) is 1. The summed E-state index contributed by atoms with van der Waals surface area (Å²) < 4.78 is 0. The first-order valence-electron chi connectivity index (χ1n) is 5.70. The SMILES string of the molecule is CC1(C)[C@H](N)[C@H]1c1cccc2cnccc12. The Kier molecular flexibility index (Phi) is 1.86. The van der Waals surface area contributed by atoms with Crippen LogP contribution in [0.4, 0.5) is 0 Å². The molecule has 1 aliphatic rings. The topological polar surface area (TPSA) is 38.9 Å². The van der Waals surface area contributed by atoms with Crippen LogP contribution < -0.4 is 5.73 Å². The van der Waals surface area contributed by atoms with E-state index in [0.717, 1.165) is 0 Å². The molecular formula is C14H16N2. The lowest BCUT2D eigenvalue weighted by Gasteiger charge is -2.07. The van der Waals surface area contributed by atoms with Crippen LogP contribution in [0.5, 0.6) is 0 Å². The van der Waals surface area contributed by atoms with Gasteiger partial charge in [0.05, 0.1) is 0 Å². The molecule has 1 aromatic heterocycles. The zero-order valence-corrected chi connectivity index (χ0v) is 9.64. The van der Waals surface area contributed by atoms with Gasteiger partial charge in [0, 0.05) is 29.7 Å². The molecule has 0 aliphatic heterocycles. The molecule has 0 radical (unpaired) electrons. The normalized spacial score (nSPS) is 26.9. The number of fused-ring (bicyclic) bond motifs is 1. The summed E-state index contributed by atoms with van der Waals surface area (Å²) in [7, 11) is 0. The molecule has 0 amide bonds. The molecule has 1 aromatic carbocycles. The fourth-order valence-electron chi connectivity index (χ4n) is 2.69. The fourth-order valence-corrected chi connectivity index (χ4v) is 2.69. The van der Waals surface area contributed by atoms with Gasteiger partial charge in [-0.25, -0.2) is 0 Å². The molecule has 1 aliphatic carbocycles. The number of nitrogens with zero attached hydrogens (tertiary/aromatic N) is 1. The molecule has 1 fully saturated rings. The molecule has 0 unspecified atom stereocenters. The zero-order valence-electron chi connectivity index (χ0n) is 9.64. The van der Waals surface area contributed by atoms with Crippen LogP contribution >= 0.6 is 0 Å². The van der Waals surface area contributed by atoms with Crippen molar-refractivity contribution < 1.29 is 0 Å². The Bertz CT molecular complexity index is 540. The van der Waals surface area contributed by atoms with Crippen molar-refractivity contribution in [1.82, 2.24) is 4.98 Å². The van der Waals surface area contributed by atoms with Crippen LogP contribution in [0.3, 0.4) is 0 Å². The second kappa shape index (κ2) is 3.05. The van der Waals surface area contributed by atoms with Gasteiger partial charge in [0.1, 0.15) is 0 Å². The molecule has 2 heteroatoms. The summed E-state index contributed by atoms with van der Waals surface area (Å²) in [5.74, 6) is 0.485. The highest BCUT2D eigenvalue weighted by Gasteiger charge is 2.56. The van der Waals surface area contributed by atoms with Crippen molar-refractivity contribution in [1.29, 1.82) is 0 Å². The number of aromatic nitrogens is 1. The van der Waals surface area contributed by atoms with E-state index in [1.807, 2.05) is 12.4 Å². The van der Waals surface area contributed by atoms with Crippen molar-refractivity contribution in [2.75, 3.05) is 0 Å². The Morgan fingerprint density at radius 1 is 1.25 bits per heavy atom. The highest BCUT2D eigenvalue weighted by Crippen LogP contribution is 2.58. The third kappa shape index (κ3) is 1.20. The van der Waals surface area contributed by atoms with Crippen LogP contribution in [0.15, 0.2) is 36.7 Å². The minimum Gasteiger partial charge on any atom is -0.327 e. The summed E-state index contributed by atoms with van der Waals surface area (Å²) in [5, 5.41) is 2.50. The smallest absolute Gasteiger partial charge is 0.0346 e. The van der Waals surface area contributed by atoms with Gasteiger partial charge < -0.3 is 5.73 Å². The summed E-state index contributed by atoms with van der Waals surface area (Å²) in [6.07, 6.45) is 3.77. The van der Waals surface area contributed by atoms with Crippen LogP contribution in [-0.2, 0) is 0 Å². The van der Waals surface area contributed by atoms with E-state index in [9.17, 15) is 0 Å². The maximum atomic E-state index is 6.15. The molecule has 2 atom stereocenters. The van der Waals surface area contributed by atoms with Crippen molar-refractivity contribution in [3.05, 3.63) is 42.2 Å². The zero-order chi connectivity index (χ0) is 11.3. The number of pyridine rings is 1. The van der Waals surface area contributed by atoms with Crippen molar-refractivity contribution >= 4 is 10.8 Å². The van der Waals surface area contributed by atoms with Gasteiger partial charge in [0.25, 0.3) is 0 Å². The predicted octanol–water partition coefficient (Wildman–Crippen LogP) is 2.69. The highest BCUT2D eigenvalue weighted by atomic mass is 14.8. The second-order valence-corrected chi connectivity index (χ2v) is 5.27. The molecular weight excluding hydrogens is 196 g/mol. The number of hydrogen-bond acceptors (Lipinski definition) is 2. The first-order valence-corrected chi connectivity index (χ1v) is 5.70. The van der Waals surface area contributed by atoms with Crippen molar-refractivity contribution in [3.8, 4) is 0 Å². The van der Waals surface area contributed by atoms with Crippen LogP contribution in [0.1, 0.15) is 25.3 Å². The van der Waals surface area contributed by atoms with Crippen molar-refractivity contribution in [2.45, 2.75) is 25.8 Å². The van der Waals surface area contributed by atoms with Gasteiger partial charge in [0.15, 0.2) is 0 Å². The van der Waals surface area contributed by atoms with Crippen molar-refractivity contribution in [2.24, 2.45) is 11.1 Å². The Balaban J connectivity index is 2.19. The van der Waals surface area contributed by atoms with E-state index >= 15 is 0 Å². The molecule has 2 N–H and O–H groups in total. The fraction of sp³-hybridized carbons (Fsp3) is 0.357. The van der Waals surface area contributed by atoms with Gasteiger partial charge in [-0.1, -0.05) is 32.0 Å². The number of rotatable bonds is 1. The maximum Gasteiger partial charge on any atom is 0.0346 e. The average molecular weight is 212 g/mol. The van der Waals surface area contributed by atoms with Gasteiger partial charge in [-0.3, -0.25) is 4.98 Å². The molecule has 2 nitrogen and oxygen atoms in total. The van der Waals surface area contributed by atoms with Crippen LogP contribution in [0.25, 0.3) is 10.8 Å². The Labute approximate surface area is 95.5 Å². The van der Waals surface area contributed by atoms with Gasteiger partial charge in [-0.05, 0) is 22.4 Å². The van der Waals surface area contributed by atoms with Gasteiger partial charge >= 0.3 is 0 Å². The molecule has 1 heterocycles. The Morgan fingerprint density at radius 2 is 2.00 bits per heavy atom. The lowest BCUT2D eigenvalue weighted by molar-refractivity contribution is 0.600. The van der Waals surface area contributed by atoms with E-state index in [1.165, 1.54) is 16.3 Å². The third-order valence-electron chi connectivity index (χ3n) is 3.96. The van der Waals surface area contributed by atoms with E-state index < -0.39 is 0 Å². The van der Waals surface area contributed by atoms with E-state index in [2.05, 4.69) is 43.1 Å². The summed E-state index contributed by atoms with van der Waals surface area (Å²) in [6.45, 7) is 4.48. The minimum atomic E-state index is 0.234. The van der Waals surface area contributed by atoms with E-state index in [1.54, 1.807) is 0 Å². The van der Waals surface area contributed by atoms with E-state index in [4.69, 9.17) is 5.73 Å². The summed E-state index contributed by atoms with van der Waals surface area (Å²) >= 11 is 0. The minimum absolute atomic E-state index is 0.234. The molecule has 0 bridgehead atoms. The number of benzene rings is 1. The standard InChI is InChI=1S/C14H16N2/c1-14(2)12(13(14)15)11-5-3-4-9-8-16-7-6-10(9)11/h3-8,12-13H,15H2,1-2H3/t12-,13-/m1/s1. The van der Waals surface area contributed by atoms with E-state index in [0.29, 0.717) is 5.92 Å². The van der Waals surface area contributed by atoms with E-state index in [-0.39, 0.29) is 11.5 Å². The summed E-state index contributed by atoms with van der Waals surface area (Å²) in [6, 6.07) is 8.77.